The highest BCUT2D eigenvalue weighted by atomic mass is 16.5. The number of carbonyl (C=O) groups excluding carboxylic acids is 1. The van der Waals surface area contributed by atoms with Gasteiger partial charge >= 0.3 is 5.97 Å². The third-order valence-corrected chi connectivity index (χ3v) is 3.56. The highest BCUT2D eigenvalue weighted by Crippen LogP contribution is 2.18. The number of methoxy groups -OCH3 is 1. The first-order valence-electron chi connectivity index (χ1n) is 7.09. The van der Waals surface area contributed by atoms with Crippen LogP contribution in [0.25, 0.3) is 10.9 Å². The number of nitrogens with one attached hydrogen (secondary N) is 1. The second-order valence-corrected chi connectivity index (χ2v) is 5.17. The van der Waals surface area contributed by atoms with E-state index in [0.717, 1.165) is 16.6 Å². The molecular formula is C16H20N2O4. The van der Waals surface area contributed by atoms with Gasteiger partial charge in [0.25, 0.3) is 0 Å². The zero-order valence-electron chi connectivity index (χ0n) is 12.7. The van der Waals surface area contributed by atoms with Crippen molar-refractivity contribution in [3.05, 3.63) is 36.0 Å². The Hall–Kier alpha value is -2.34. The molecule has 1 amide bonds. The zero-order chi connectivity index (χ0) is 16.1. The molecule has 1 unspecified atom stereocenters. The lowest BCUT2D eigenvalue weighted by molar-refractivity contribution is -0.142. The first-order chi connectivity index (χ1) is 10.5. The number of carbonyl (C=O) groups is 2. The number of ether oxygens (including phenoxy) is 1. The normalized spacial score (nSPS) is 12.3. The second kappa shape index (κ2) is 7.09. The van der Waals surface area contributed by atoms with E-state index in [0.29, 0.717) is 0 Å². The lowest BCUT2D eigenvalue weighted by Gasteiger charge is -2.15. The highest BCUT2D eigenvalue weighted by molar-refractivity contribution is 5.86. The zero-order valence-corrected chi connectivity index (χ0v) is 12.7. The first-order valence-corrected chi connectivity index (χ1v) is 7.09. The van der Waals surface area contributed by atoms with Crippen molar-refractivity contribution in [2.75, 3.05) is 13.7 Å². The molecule has 1 heterocycles. The van der Waals surface area contributed by atoms with Gasteiger partial charge < -0.3 is 19.7 Å². The Bertz CT molecular complexity index is 678. The van der Waals surface area contributed by atoms with Crippen molar-refractivity contribution in [2.24, 2.45) is 0 Å². The van der Waals surface area contributed by atoms with Crippen LogP contribution >= 0.6 is 0 Å². The van der Waals surface area contributed by atoms with Gasteiger partial charge in [-0.05, 0) is 24.4 Å². The molecule has 6 heteroatoms. The van der Waals surface area contributed by atoms with Gasteiger partial charge in [-0.1, -0.05) is 18.2 Å². The fourth-order valence-corrected chi connectivity index (χ4v) is 2.43. The quantitative estimate of drug-likeness (QED) is 0.813. The van der Waals surface area contributed by atoms with Crippen LogP contribution in [0.4, 0.5) is 0 Å². The highest BCUT2D eigenvalue weighted by Gasteiger charge is 2.20. The fraction of sp³-hybridized carbons (Fsp3) is 0.375. The molecule has 0 fully saturated rings. The molecule has 1 atom stereocenters. The number of carboxylic acids is 1. The summed E-state index contributed by atoms with van der Waals surface area (Å²) >= 11 is 0. The number of aromatic nitrogens is 1. The Balaban J connectivity index is 2.10. The number of hydrogen-bond donors (Lipinski definition) is 2. The van der Waals surface area contributed by atoms with Gasteiger partial charge in [-0.2, -0.15) is 0 Å². The van der Waals surface area contributed by atoms with E-state index in [9.17, 15) is 9.59 Å². The second-order valence-electron chi connectivity index (χ2n) is 5.17. The molecule has 22 heavy (non-hydrogen) atoms. The Labute approximate surface area is 128 Å². The summed E-state index contributed by atoms with van der Waals surface area (Å²) in [5, 5.41) is 12.7. The molecular weight excluding hydrogens is 284 g/mol. The molecule has 0 radical (unpaired) electrons. The van der Waals surface area contributed by atoms with E-state index in [1.165, 1.54) is 7.11 Å². The summed E-state index contributed by atoms with van der Waals surface area (Å²) in [7, 11) is 1.50. The van der Waals surface area contributed by atoms with Gasteiger partial charge in [-0.15, -0.1) is 0 Å². The molecule has 2 N–H and O–H groups in total. The molecule has 0 spiro atoms. The van der Waals surface area contributed by atoms with Gasteiger partial charge in [0.2, 0.25) is 5.91 Å². The van der Waals surface area contributed by atoms with Gasteiger partial charge in [0, 0.05) is 31.3 Å². The summed E-state index contributed by atoms with van der Waals surface area (Å²) in [6.45, 7) is 2.30. The minimum atomic E-state index is -1.06. The number of hydrogen-bond acceptors (Lipinski definition) is 3. The number of amides is 1. The van der Waals surface area contributed by atoms with Crippen molar-refractivity contribution in [1.29, 1.82) is 0 Å². The summed E-state index contributed by atoms with van der Waals surface area (Å²) in [5.41, 5.74) is 1.92. The molecule has 6 nitrogen and oxygen atoms in total. The largest absolute Gasteiger partial charge is 0.480 e. The van der Waals surface area contributed by atoms with Crippen LogP contribution in [-0.2, 0) is 20.9 Å². The third-order valence-electron chi connectivity index (χ3n) is 3.56. The van der Waals surface area contributed by atoms with Crippen LogP contribution in [0, 0.1) is 6.92 Å². The van der Waals surface area contributed by atoms with Crippen molar-refractivity contribution in [3.8, 4) is 0 Å². The summed E-state index contributed by atoms with van der Waals surface area (Å²) in [4.78, 5) is 23.3. The average molecular weight is 304 g/mol. The minimum absolute atomic E-state index is 0.0934. The maximum atomic E-state index is 12.1. The van der Waals surface area contributed by atoms with E-state index in [1.54, 1.807) is 0 Å². The molecule has 0 bridgehead atoms. The average Bonchev–Trinajstić information content (AvgIpc) is 2.79. The number of nitrogens with zero attached hydrogens (tertiary/aromatic N) is 1. The van der Waals surface area contributed by atoms with Crippen LogP contribution in [0.15, 0.2) is 30.3 Å². The number of aliphatic carboxylic acids is 1. The molecule has 0 aliphatic carbocycles. The molecule has 0 aliphatic rings. The van der Waals surface area contributed by atoms with Crippen molar-refractivity contribution in [2.45, 2.75) is 25.9 Å². The van der Waals surface area contributed by atoms with Gasteiger partial charge in [0.1, 0.15) is 12.6 Å². The molecule has 1 aromatic carbocycles. The molecule has 118 valence electrons. The lowest BCUT2D eigenvalue weighted by atomic mass is 10.2. The molecule has 0 saturated heterocycles. The molecule has 2 aromatic rings. The van der Waals surface area contributed by atoms with Crippen LogP contribution in [0.5, 0.6) is 0 Å². The fourth-order valence-electron chi connectivity index (χ4n) is 2.43. The van der Waals surface area contributed by atoms with Crippen molar-refractivity contribution in [1.82, 2.24) is 9.88 Å². The van der Waals surface area contributed by atoms with E-state index in [2.05, 4.69) is 5.32 Å². The maximum absolute atomic E-state index is 12.1. The van der Waals surface area contributed by atoms with Crippen LogP contribution in [0.3, 0.4) is 0 Å². The van der Waals surface area contributed by atoms with E-state index < -0.39 is 12.0 Å². The van der Waals surface area contributed by atoms with Crippen molar-refractivity contribution < 1.29 is 19.4 Å². The standard InChI is InChI=1S/C16H20N2O4/c1-11-9-12-5-3-4-6-14(12)18(11)10-15(19)17-13(16(20)21)7-8-22-2/h3-6,9,13H,7-8,10H2,1-2H3,(H,17,19)(H,20,21). The van der Waals surface area contributed by atoms with E-state index >= 15 is 0 Å². The summed E-state index contributed by atoms with van der Waals surface area (Å²) in [6, 6.07) is 8.84. The number of fused-ring (bicyclic) bond motifs is 1. The molecule has 2 rings (SSSR count). The van der Waals surface area contributed by atoms with Gasteiger partial charge in [-0.3, -0.25) is 4.79 Å². The maximum Gasteiger partial charge on any atom is 0.326 e. The van der Waals surface area contributed by atoms with Gasteiger partial charge in [-0.25, -0.2) is 4.79 Å². The van der Waals surface area contributed by atoms with Crippen molar-refractivity contribution >= 4 is 22.8 Å². The topological polar surface area (TPSA) is 80.6 Å². The first kappa shape index (κ1) is 16.0. The number of aryl methyl sites for hydroxylation is 1. The predicted octanol–water partition coefficient (Wildman–Crippen LogP) is 1.56. The summed E-state index contributed by atoms with van der Waals surface area (Å²) in [5.74, 6) is -1.38. The van der Waals surface area contributed by atoms with E-state index in [4.69, 9.17) is 9.84 Å². The number of para-hydroxylation sites is 1. The monoisotopic (exact) mass is 304 g/mol. The SMILES string of the molecule is COCCC(NC(=O)Cn1c(C)cc2ccccc21)C(=O)O. The summed E-state index contributed by atoms with van der Waals surface area (Å²) < 4.78 is 6.74. The predicted molar refractivity (Wildman–Crippen MR) is 82.7 cm³/mol. The third kappa shape index (κ3) is 3.65. The summed E-state index contributed by atoms with van der Waals surface area (Å²) in [6.07, 6.45) is 0.239. The Morgan fingerprint density at radius 3 is 2.77 bits per heavy atom. The van der Waals surface area contributed by atoms with Crippen LogP contribution in [-0.4, -0.2) is 41.3 Å². The number of carboxylic acid groups (broad SMARTS) is 1. The van der Waals surface area contributed by atoms with Crippen LogP contribution in [0.2, 0.25) is 0 Å². The Morgan fingerprint density at radius 1 is 1.36 bits per heavy atom. The van der Waals surface area contributed by atoms with E-state index in [-0.39, 0.29) is 25.5 Å². The minimum Gasteiger partial charge on any atom is -0.480 e. The van der Waals surface area contributed by atoms with Crippen molar-refractivity contribution in [3.63, 3.8) is 0 Å². The molecule has 1 aromatic heterocycles. The van der Waals surface area contributed by atoms with Crippen LogP contribution in [0.1, 0.15) is 12.1 Å². The number of rotatable bonds is 7. The number of benzene rings is 1. The molecule has 0 aliphatic heterocycles. The van der Waals surface area contributed by atoms with Gasteiger partial charge in [0.05, 0.1) is 0 Å². The molecule has 0 saturated carbocycles. The Kier molecular flexibility index (Phi) is 5.16. The Morgan fingerprint density at radius 2 is 2.09 bits per heavy atom. The smallest absolute Gasteiger partial charge is 0.326 e. The van der Waals surface area contributed by atoms with Gasteiger partial charge in [0.15, 0.2) is 0 Å². The van der Waals surface area contributed by atoms with E-state index in [1.807, 2.05) is 41.8 Å². The van der Waals surface area contributed by atoms with Crippen LogP contribution < -0.4 is 5.32 Å². The lowest BCUT2D eigenvalue weighted by Crippen LogP contribution is -2.43.